The van der Waals surface area contributed by atoms with Gasteiger partial charge in [0, 0.05) is 19.3 Å². The largest absolute Gasteiger partial charge is 0.384 e. The number of anilines is 1. The van der Waals surface area contributed by atoms with Crippen molar-refractivity contribution >= 4 is 5.69 Å². The summed E-state index contributed by atoms with van der Waals surface area (Å²) >= 11 is 0. The van der Waals surface area contributed by atoms with Gasteiger partial charge in [0.2, 0.25) is 0 Å². The molecule has 0 spiro atoms. The SMILES string of the molecule is Cc1ccccc1N(C)Cc1ccc(F)c(C#CCO)c1. The van der Waals surface area contributed by atoms with Crippen LogP contribution in [-0.2, 0) is 6.54 Å². The molecule has 3 heteroatoms. The molecule has 21 heavy (non-hydrogen) atoms. The highest BCUT2D eigenvalue weighted by atomic mass is 19.1. The molecule has 108 valence electrons. The molecule has 0 amide bonds. The lowest BCUT2D eigenvalue weighted by Crippen LogP contribution is -2.17. The minimum Gasteiger partial charge on any atom is -0.384 e. The van der Waals surface area contributed by atoms with Gasteiger partial charge < -0.3 is 10.0 Å². The Labute approximate surface area is 124 Å². The molecule has 0 unspecified atom stereocenters. The van der Waals surface area contributed by atoms with Gasteiger partial charge in [0.1, 0.15) is 12.4 Å². The molecule has 0 aliphatic heterocycles. The third kappa shape index (κ3) is 3.84. The number of rotatable bonds is 3. The van der Waals surface area contributed by atoms with Crippen LogP contribution in [0.3, 0.4) is 0 Å². The van der Waals surface area contributed by atoms with Gasteiger partial charge in [-0.2, -0.15) is 0 Å². The molecule has 2 aromatic carbocycles. The highest BCUT2D eigenvalue weighted by molar-refractivity contribution is 5.53. The summed E-state index contributed by atoms with van der Waals surface area (Å²) in [5, 5.41) is 8.71. The van der Waals surface area contributed by atoms with Gasteiger partial charge in [-0.1, -0.05) is 36.1 Å². The summed E-state index contributed by atoms with van der Waals surface area (Å²) in [4.78, 5) is 2.12. The van der Waals surface area contributed by atoms with Crippen molar-refractivity contribution in [3.63, 3.8) is 0 Å². The molecule has 0 aliphatic carbocycles. The van der Waals surface area contributed by atoms with Gasteiger partial charge in [0.15, 0.2) is 0 Å². The molecule has 0 atom stereocenters. The van der Waals surface area contributed by atoms with E-state index in [0.29, 0.717) is 12.1 Å². The van der Waals surface area contributed by atoms with Gasteiger partial charge in [-0.05, 0) is 36.2 Å². The van der Waals surface area contributed by atoms with E-state index in [9.17, 15) is 4.39 Å². The summed E-state index contributed by atoms with van der Waals surface area (Å²) in [5.41, 5.74) is 3.64. The van der Waals surface area contributed by atoms with E-state index in [2.05, 4.69) is 35.8 Å². The average Bonchev–Trinajstić information content (AvgIpc) is 2.48. The molecular formula is C18H18FNO. The number of halogens is 1. The third-order valence-corrected chi connectivity index (χ3v) is 3.28. The van der Waals surface area contributed by atoms with Crippen LogP contribution in [0.4, 0.5) is 10.1 Å². The quantitative estimate of drug-likeness (QED) is 0.875. The zero-order valence-corrected chi connectivity index (χ0v) is 12.2. The molecule has 2 rings (SSSR count). The first-order chi connectivity index (χ1) is 10.1. The molecule has 0 saturated carbocycles. The second-order valence-electron chi connectivity index (χ2n) is 4.92. The predicted molar refractivity (Wildman–Crippen MR) is 83.6 cm³/mol. The van der Waals surface area contributed by atoms with Crippen molar-refractivity contribution in [2.24, 2.45) is 0 Å². The topological polar surface area (TPSA) is 23.5 Å². The fraction of sp³-hybridized carbons (Fsp3) is 0.222. The van der Waals surface area contributed by atoms with Crippen molar-refractivity contribution in [2.75, 3.05) is 18.6 Å². The predicted octanol–water partition coefficient (Wildman–Crippen LogP) is 3.11. The van der Waals surface area contributed by atoms with Gasteiger partial charge in [-0.15, -0.1) is 0 Å². The summed E-state index contributed by atoms with van der Waals surface area (Å²) in [5.74, 6) is 4.75. The van der Waals surface area contributed by atoms with Crippen LogP contribution < -0.4 is 4.90 Å². The second-order valence-corrected chi connectivity index (χ2v) is 4.92. The number of hydrogen-bond acceptors (Lipinski definition) is 2. The monoisotopic (exact) mass is 283 g/mol. The van der Waals surface area contributed by atoms with Crippen LogP contribution >= 0.6 is 0 Å². The van der Waals surface area contributed by atoms with E-state index < -0.39 is 0 Å². The zero-order chi connectivity index (χ0) is 15.2. The molecule has 0 bridgehead atoms. The summed E-state index contributed by atoms with van der Waals surface area (Å²) in [6, 6.07) is 13.0. The van der Waals surface area contributed by atoms with Crippen LogP contribution in [0.15, 0.2) is 42.5 Å². The van der Waals surface area contributed by atoms with E-state index in [4.69, 9.17) is 5.11 Å². The minimum absolute atomic E-state index is 0.271. The van der Waals surface area contributed by atoms with Crippen LogP contribution in [0.2, 0.25) is 0 Å². The van der Waals surface area contributed by atoms with Crippen molar-refractivity contribution in [3.05, 3.63) is 65.0 Å². The number of aliphatic hydroxyl groups is 1. The Balaban J connectivity index is 2.22. The first-order valence-electron chi connectivity index (χ1n) is 6.76. The maximum Gasteiger partial charge on any atom is 0.138 e. The summed E-state index contributed by atoms with van der Waals surface area (Å²) in [6.45, 7) is 2.46. The number of benzene rings is 2. The summed E-state index contributed by atoms with van der Waals surface area (Å²) in [7, 11) is 2.00. The van der Waals surface area contributed by atoms with E-state index in [1.807, 2.05) is 19.2 Å². The van der Waals surface area contributed by atoms with E-state index in [-0.39, 0.29) is 12.4 Å². The van der Waals surface area contributed by atoms with Crippen molar-refractivity contribution in [1.82, 2.24) is 0 Å². The molecular weight excluding hydrogens is 265 g/mol. The smallest absolute Gasteiger partial charge is 0.138 e. The Bertz CT molecular complexity index is 685. The molecule has 0 radical (unpaired) electrons. The maximum atomic E-state index is 13.6. The van der Waals surface area contributed by atoms with E-state index in [1.165, 1.54) is 11.6 Å². The van der Waals surface area contributed by atoms with Crippen LogP contribution in [0.5, 0.6) is 0 Å². The van der Waals surface area contributed by atoms with Gasteiger partial charge in [0.05, 0.1) is 5.56 Å². The Kier molecular flexibility index (Phi) is 4.97. The number of aryl methyl sites for hydroxylation is 1. The summed E-state index contributed by atoms with van der Waals surface area (Å²) < 4.78 is 13.6. The Morgan fingerprint density at radius 1 is 1.19 bits per heavy atom. The molecule has 0 heterocycles. The van der Waals surface area contributed by atoms with Crippen molar-refractivity contribution in [3.8, 4) is 11.8 Å². The van der Waals surface area contributed by atoms with Crippen LogP contribution in [0.25, 0.3) is 0 Å². The summed E-state index contributed by atoms with van der Waals surface area (Å²) in [6.07, 6.45) is 0. The van der Waals surface area contributed by atoms with Crippen LogP contribution in [-0.4, -0.2) is 18.8 Å². The molecule has 0 saturated heterocycles. The van der Waals surface area contributed by atoms with Crippen molar-refractivity contribution in [1.29, 1.82) is 0 Å². The lowest BCUT2D eigenvalue weighted by molar-refractivity contribution is 0.350. The molecule has 2 nitrogen and oxygen atoms in total. The lowest BCUT2D eigenvalue weighted by Gasteiger charge is -2.21. The second kappa shape index (κ2) is 6.92. The van der Waals surface area contributed by atoms with Crippen LogP contribution in [0.1, 0.15) is 16.7 Å². The first kappa shape index (κ1) is 15.1. The molecule has 1 N–H and O–H groups in total. The Hall–Kier alpha value is -2.31. The third-order valence-electron chi connectivity index (χ3n) is 3.28. The first-order valence-corrected chi connectivity index (χ1v) is 6.76. The Morgan fingerprint density at radius 3 is 2.67 bits per heavy atom. The molecule has 2 aromatic rings. The van der Waals surface area contributed by atoms with Gasteiger partial charge >= 0.3 is 0 Å². The van der Waals surface area contributed by atoms with Crippen LogP contribution in [0, 0.1) is 24.6 Å². The average molecular weight is 283 g/mol. The lowest BCUT2D eigenvalue weighted by atomic mass is 10.1. The number of aliphatic hydroxyl groups excluding tert-OH is 1. The van der Waals surface area contributed by atoms with Crippen molar-refractivity contribution in [2.45, 2.75) is 13.5 Å². The normalized spacial score (nSPS) is 9.90. The maximum absolute atomic E-state index is 13.6. The highest BCUT2D eigenvalue weighted by Gasteiger charge is 2.07. The number of para-hydroxylation sites is 1. The molecule has 0 aromatic heterocycles. The zero-order valence-electron chi connectivity index (χ0n) is 12.2. The molecule has 0 fully saturated rings. The minimum atomic E-state index is -0.363. The van der Waals surface area contributed by atoms with E-state index in [1.54, 1.807) is 12.1 Å². The number of hydrogen-bond donors (Lipinski definition) is 1. The van der Waals surface area contributed by atoms with Crippen molar-refractivity contribution < 1.29 is 9.50 Å². The van der Waals surface area contributed by atoms with E-state index in [0.717, 1.165) is 11.3 Å². The number of nitrogens with zero attached hydrogens (tertiary/aromatic N) is 1. The van der Waals surface area contributed by atoms with Gasteiger partial charge in [-0.3, -0.25) is 0 Å². The molecule has 0 aliphatic rings. The van der Waals surface area contributed by atoms with E-state index >= 15 is 0 Å². The highest BCUT2D eigenvalue weighted by Crippen LogP contribution is 2.20. The Morgan fingerprint density at radius 2 is 1.95 bits per heavy atom. The van der Waals surface area contributed by atoms with Gasteiger partial charge in [0.25, 0.3) is 0 Å². The fourth-order valence-electron chi connectivity index (χ4n) is 2.25. The van der Waals surface area contributed by atoms with Gasteiger partial charge in [-0.25, -0.2) is 4.39 Å². The fourth-order valence-corrected chi connectivity index (χ4v) is 2.25. The standard InChI is InChI=1S/C18H18FNO/c1-14-6-3-4-8-18(14)20(2)13-15-9-10-17(19)16(12-15)7-5-11-21/h3-4,6,8-10,12,21H,11,13H2,1-2H3.